The Bertz CT molecular complexity index is 896. The summed E-state index contributed by atoms with van der Waals surface area (Å²) < 4.78 is 5.77. The third-order valence-electron chi connectivity index (χ3n) is 5.08. The lowest BCUT2D eigenvalue weighted by molar-refractivity contribution is 0.0882. The van der Waals surface area contributed by atoms with Crippen LogP contribution in [0.15, 0.2) is 53.1 Å². The molecule has 1 aliphatic rings. The number of nitrogens with zero attached hydrogens (tertiary/aromatic N) is 2. The van der Waals surface area contributed by atoms with Crippen LogP contribution < -0.4 is 5.32 Å². The van der Waals surface area contributed by atoms with Crippen LogP contribution in [-0.2, 0) is 6.54 Å². The molecule has 5 nitrogen and oxygen atoms in total. The van der Waals surface area contributed by atoms with Crippen LogP contribution in [0.2, 0.25) is 0 Å². The first-order valence-corrected chi connectivity index (χ1v) is 9.12. The lowest BCUT2D eigenvalue weighted by Crippen LogP contribution is -2.44. The van der Waals surface area contributed by atoms with Gasteiger partial charge >= 0.3 is 0 Å². The van der Waals surface area contributed by atoms with Gasteiger partial charge in [-0.25, -0.2) is 0 Å². The Morgan fingerprint density at radius 2 is 1.96 bits per heavy atom. The Balaban J connectivity index is 1.35. The highest BCUT2D eigenvalue weighted by Crippen LogP contribution is 2.25. The van der Waals surface area contributed by atoms with Gasteiger partial charge in [-0.05, 0) is 38.0 Å². The van der Waals surface area contributed by atoms with E-state index in [1.54, 1.807) is 0 Å². The molecule has 1 aromatic carbocycles. The van der Waals surface area contributed by atoms with Crippen molar-refractivity contribution in [2.75, 3.05) is 13.1 Å². The summed E-state index contributed by atoms with van der Waals surface area (Å²) >= 11 is 0. The van der Waals surface area contributed by atoms with Crippen molar-refractivity contribution in [3.8, 4) is 0 Å². The molecule has 1 N–H and O–H groups in total. The molecule has 1 aliphatic heterocycles. The summed E-state index contributed by atoms with van der Waals surface area (Å²) in [6.07, 6.45) is 3.72. The summed E-state index contributed by atoms with van der Waals surface area (Å²) in [5.74, 6) is 0.323. The standard InChI is InChI=1S/C21H23N3O2/c1-15-18-7-2-3-8-19(18)26-20(15)21(25)23-16-9-12-24(13-10-16)14-17-6-4-5-11-22-17/h2-8,11,16H,9-10,12-14H2,1H3,(H,23,25). The molecule has 26 heavy (non-hydrogen) atoms. The van der Waals surface area contributed by atoms with Gasteiger partial charge in [0.25, 0.3) is 5.91 Å². The quantitative estimate of drug-likeness (QED) is 0.783. The minimum atomic E-state index is -0.109. The third-order valence-corrected chi connectivity index (χ3v) is 5.08. The van der Waals surface area contributed by atoms with Crippen LogP contribution in [0.3, 0.4) is 0 Å². The molecule has 0 aliphatic carbocycles. The van der Waals surface area contributed by atoms with Crippen molar-refractivity contribution >= 4 is 16.9 Å². The van der Waals surface area contributed by atoms with E-state index in [2.05, 4.69) is 21.3 Å². The molecule has 0 atom stereocenters. The van der Waals surface area contributed by atoms with Crippen molar-refractivity contribution < 1.29 is 9.21 Å². The van der Waals surface area contributed by atoms with Crippen LogP contribution in [-0.4, -0.2) is 34.9 Å². The number of likely N-dealkylation sites (tertiary alicyclic amines) is 1. The number of furan rings is 1. The van der Waals surface area contributed by atoms with Crippen LogP contribution in [0, 0.1) is 6.92 Å². The van der Waals surface area contributed by atoms with Crippen molar-refractivity contribution in [1.82, 2.24) is 15.2 Å². The molecular formula is C21H23N3O2. The zero-order valence-electron chi connectivity index (χ0n) is 14.9. The molecule has 0 spiro atoms. The first kappa shape index (κ1) is 16.8. The molecule has 0 saturated carbocycles. The summed E-state index contributed by atoms with van der Waals surface area (Å²) in [7, 11) is 0. The molecule has 0 unspecified atom stereocenters. The molecule has 1 fully saturated rings. The summed E-state index contributed by atoms with van der Waals surface area (Å²) in [6.45, 7) is 4.72. The Hall–Kier alpha value is -2.66. The van der Waals surface area contributed by atoms with E-state index in [1.165, 1.54) is 0 Å². The summed E-state index contributed by atoms with van der Waals surface area (Å²) in [4.78, 5) is 19.4. The lowest BCUT2D eigenvalue weighted by Gasteiger charge is -2.31. The lowest BCUT2D eigenvalue weighted by atomic mass is 10.0. The van der Waals surface area contributed by atoms with Gasteiger partial charge in [0.05, 0.1) is 5.69 Å². The summed E-state index contributed by atoms with van der Waals surface area (Å²) in [5, 5.41) is 4.15. The van der Waals surface area contributed by atoms with Gasteiger partial charge in [0, 0.05) is 42.8 Å². The second-order valence-corrected chi connectivity index (χ2v) is 6.90. The van der Waals surface area contributed by atoms with E-state index in [1.807, 2.05) is 49.5 Å². The fourth-order valence-corrected chi connectivity index (χ4v) is 3.60. The first-order chi connectivity index (χ1) is 12.7. The summed E-state index contributed by atoms with van der Waals surface area (Å²) in [6, 6.07) is 14.0. The van der Waals surface area contributed by atoms with Gasteiger partial charge in [-0.1, -0.05) is 24.3 Å². The number of nitrogens with one attached hydrogen (secondary N) is 1. The number of carbonyl (C=O) groups is 1. The van der Waals surface area contributed by atoms with Crippen LogP contribution in [0.1, 0.15) is 34.7 Å². The Kier molecular flexibility index (Phi) is 4.71. The fourth-order valence-electron chi connectivity index (χ4n) is 3.60. The van der Waals surface area contributed by atoms with Gasteiger partial charge in [-0.15, -0.1) is 0 Å². The minimum Gasteiger partial charge on any atom is -0.451 e. The second kappa shape index (κ2) is 7.30. The molecular weight excluding hydrogens is 326 g/mol. The van der Waals surface area contributed by atoms with Gasteiger partial charge in [-0.3, -0.25) is 14.7 Å². The zero-order valence-corrected chi connectivity index (χ0v) is 14.9. The average molecular weight is 349 g/mol. The number of para-hydroxylation sites is 1. The van der Waals surface area contributed by atoms with Gasteiger partial charge in [-0.2, -0.15) is 0 Å². The van der Waals surface area contributed by atoms with Gasteiger partial charge in [0.15, 0.2) is 5.76 Å². The highest BCUT2D eigenvalue weighted by atomic mass is 16.3. The first-order valence-electron chi connectivity index (χ1n) is 9.12. The number of benzene rings is 1. The number of piperidine rings is 1. The predicted octanol–water partition coefficient (Wildman–Crippen LogP) is 3.53. The monoisotopic (exact) mass is 349 g/mol. The number of fused-ring (bicyclic) bond motifs is 1. The molecule has 3 heterocycles. The number of hydrogen-bond acceptors (Lipinski definition) is 4. The van der Waals surface area contributed by atoms with E-state index in [0.29, 0.717) is 5.76 Å². The van der Waals surface area contributed by atoms with Crippen LogP contribution in [0.4, 0.5) is 0 Å². The van der Waals surface area contributed by atoms with Crippen molar-refractivity contribution in [2.24, 2.45) is 0 Å². The number of amides is 1. The zero-order chi connectivity index (χ0) is 17.9. The largest absolute Gasteiger partial charge is 0.451 e. The molecule has 0 radical (unpaired) electrons. The molecule has 3 aromatic rings. The maximum atomic E-state index is 12.6. The Morgan fingerprint density at radius 1 is 1.19 bits per heavy atom. The van der Waals surface area contributed by atoms with Crippen LogP contribution in [0.25, 0.3) is 11.0 Å². The molecule has 1 amide bonds. The normalized spacial score (nSPS) is 16.0. The number of hydrogen-bond donors (Lipinski definition) is 1. The molecule has 4 rings (SSSR count). The van der Waals surface area contributed by atoms with Crippen molar-refractivity contribution in [3.05, 3.63) is 65.7 Å². The van der Waals surface area contributed by atoms with Crippen LogP contribution >= 0.6 is 0 Å². The highest BCUT2D eigenvalue weighted by molar-refractivity contribution is 5.99. The maximum absolute atomic E-state index is 12.6. The average Bonchev–Trinajstić information content (AvgIpc) is 3.01. The SMILES string of the molecule is Cc1c(C(=O)NC2CCN(Cc3ccccn3)CC2)oc2ccccc12. The minimum absolute atomic E-state index is 0.109. The van der Waals surface area contributed by atoms with E-state index in [0.717, 1.165) is 54.7 Å². The van der Waals surface area contributed by atoms with E-state index < -0.39 is 0 Å². The molecule has 134 valence electrons. The van der Waals surface area contributed by atoms with E-state index in [9.17, 15) is 4.79 Å². The topological polar surface area (TPSA) is 58.4 Å². The number of aromatic nitrogens is 1. The number of rotatable bonds is 4. The molecule has 0 bridgehead atoms. The third kappa shape index (κ3) is 3.48. The maximum Gasteiger partial charge on any atom is 0.287 e. The van der Waals surface area contributed by atoms with E-state index >= 15 is 0 Å². The van der Waals surface area contributed by atoms with E-state index in [-0.39, 0.29) is 11.9 Å². The van der Waals surface area contributed by atoms with Crippen molar-refractivity contribution in [1.29, 1.82) is 0 Å². The molecule has 2 aromatic heterocycles. The van der Waals surface area contributed by atoms with Gasteiger partial charge in [0.2, 0.25) is 0 Å². The van der Waals surface area contributed by atoms with Gasteiger partial charge in [0.1, 0.15) is 5.58 Å². The molecule has 1 saturated heterocycles. The van der Waals surface area contributed by atoms with Crippen molar-refractivity contribution in [3.63, 3.8) is 0 Å². The predicted molar refractivity (Wildman–Crippen MR) is 101 cm³/mol. The fraction of sp³-hybridized carbons (Fsp3) is 0.333. The molecule has 5 heteroatoms. The number of carbonyl (C=O) groups excluding carboxylic acids is 1. The van der Waals surface area contributed by atoms with E-state index in [4.69, 9.17) is 4.42 Å². The smallest absolute Gasteiger partial charge is 0.287 e. The van der Waals surface area contributed by atoms with Crippen LogP contribution in [0.5, 0.6) is 0 Å². The number of aryl methyl sites for hydroxylation is 1. The Morgan fingerprint density at radius 3 is 2.69 bits per heavy atom. The second-order valence-electron chi connectivity index (χ2n) is 6.90. The van der Waals surface area contributed by atoms with Gasteiger partial charge < -0.3 is 9.73 Å². The van der Waals surface area contributed by atoms with Crippen molar-refractivity contribution in [2.45, 2.75) is 32.4 Å². The number of pyridine rings is 1. The summed E-state index contributed by atoms with van der Waals surface area (Å²) in [5.41, 5.74) is 2.76. The Labute approximate surface area is 153 Å². The highest BCUT2D eigenvalue weighted by Gasteiger charge is 2.24.